The largest absolute Gasteiger partial charge is 0.390 e. The van der Waals surface area contributed by atoms with E-state index < -0.39 is 24.0 Å². The molecule has 1 fully saturated rings. The van der Waals surface area contributed by atoms with Crippen LogP contribution in [0.2, 0.25) is 5.02 Å². The number of piperidine rings is 1. The van der Waals surface area contributed by atoms with Crippen molar-refractivity contribution in [1.82, 2.24) is 4.90 Å². The van der Waals surface area contributed by atoms with Crippen molar-refractivity contribution in [3.63, 3.8) is 0 Å². The maximum Gasteiger partial charge on any atom is 0.313 e. The fourth-order valence-electron chi connectivity index (χ4n) is 1.99. The van der Waals surface area contributed by atoms with E-state index in [2.05, 4.69) is 5.32 Å². The number of para-hydroxylation sites is 1. The van der Waals surface area contributed by atoms with Crippen LogP contribution in [-0.4, -0.2) is 52.2 Å². The Bertz CT molecular complexity index is 523. The number of likely N-dealkylation sites (tertiary alicyclic amines) is 1. The average molecular weight is 299 g/mol. The van der Waals surface area contributed by atoms with Crippen LogP contribution in [-0.2, 0) is 9.59 Å². The number of nitrogens with one attached hydrogen (secondary N) is 1. The van der Waals surface area contributed by atoms with Gasteiger partial charge in [0.05, 0.1) is 22.9 Å². The Kier molecular flexibility index (Phi) is 4.59. The minimum absolute atomic E-state index is 0.0596. The van der Waals surface area contributed by atoms with Crippen LogP contribution in [0.25, 0.3) is 0 Å². The third-order valence-electron chi connectivity index (χ3n) is 3.15. The molecule has 0 unspecified atom stereocenters. The molecule has 1 aromatic carbocycles. The molecule has 0 saturated carbocycles. The number of halogens is 1. The maximum atomic E-state index is 11.9. The molecule has 3 N–H and O–H groups in total. The third kappa shape index (κ3) is 3.27. The predicted molar refractivity (Wildman–Crippen MR) is 73.3 cm³/mol. The number of hydrogen-bond donors (Lipinski definition) is 3. The number of hydrogen-bond acceptors (Lipinski definition) is 4. The summed E-state index contributed by atoms with van der Waals surface area (Å²) in [6, 6.07) is 6.58. The van der Waals surface area contributed by atoms with Crippen LogP contribution in [0.1, 0.15) is 6.42 Å². The zero-order valence-corrected chi connectivity index (χ0v) is 11.4. The van der Waals surface area contributed by atoms with E-state index in [9.17, 15) is 19.8 Å². The summed E-state index contributed by atoms with van der Waals surface area (Å²) in [7, 11) is 0. The Balaban J connectivity index is 1.99. The number of carbonyl (C=O) groups excluding carboxylic acids is 2. The Labute approximate surface area is 121 Å². The molecule has 1 aromatic rings. The predicted octanol–water partition coefficient (Wildman–Crippen LogP) is 0.233. The van der Waals surface area contributed by atoms with Gasteiger partial charge in [-0.1, -0.05) is 23.7 Å². The monoisotopic (exact) mass is 298 g/mol. The topological polar surface area (TPSA) is 89.9 Å². The maximum absolute atomic E-state index is 11.9. The molecule has 7 heteroatoms. The first kappa shape index (κ1) is 14.8. The molecule has 20 heavy (non-hydrogen) atoms. The summed E-state index contributed by atoms with van der Waals surface area (Å²) in [5, 5.41) is 21.7. The van der Waals surface area contributed by atoms with Crippen molar-refractivity contribution in [2.45, 2.75) is 18.6 Å². The molecular formula is C13H15ClN2O4. The van der Waals surface area contributed by atoms with Crippen LogP contribution in [0.4, 0.5) is 5.69 Å². The van der Waals surface area contributed by atoms with Gasteiger partial charge < -0.3 is 20.4 Å². The van der Waals surface area contributed by atoms with Crippen molar-refractivity contribution in [1.29, 1.82) is 0 Å². The van der Waals surface area contributed by atoms with E-state index in [-0.39, 0.29) is 19.5 Å². The number of anilines is 1. The van der Waals surface area contributed by atoms with Crippen molar-refractivity contribution in [2.75, 3.05) is 18.4 Å². The Hall–Kier alpha value is -1.63. The van der Waals surface area contributed by atoms with Gasteiger partial charge in [0.1, 0.15) is 0 Å². The Morgan fingerprint density at radius 2 is 1.95 bits per heavy atom. The number of benzene rings is 1. The first-order chi connectivity index (χ1) is 9.49. The second kappa shape index (κ2) is 6.21. The molecular weight excluding hydrogens is 284 g/mol. The van der Waals surface area contributed by atoms with E-state index in [4.69, 9.17) is 11.6 Å². The van der Waals surface area contributed by atoms with E-state index >= 15 is 0 Å². The first-order valence-corrected chi connectivity index (χ1v) is 6.57. The molecule has 1 heterocycles. The van der Waals surface area contributed by atoms with Gasteiger partial charge in [-0.2, -0.15) is 0 Å². The molecule has 1 aliphatic heterocycles. The van der Waals surface area contributed by atoms with Crippen molar-refractivity contribution >= 4 is 29.1 Å². The van der Waals surface area contributed by atoms with E-state index in [1.807, 2.05) is 0 Å². The molecule has 2 amide bonds. The quantitative estimate of drug-likeness (QED) is 0.648. The second-order valence-electron chi connectivity index (χ2n) is 4.61. The van der Waals surface area contributed by atoms with E-state index in [1.165, 1.54) is 4.90 Å². The lowest BCUT2D eigenvalue weighted by molar-refractivity contribution is -0.147. The lowest BCUT2D eigenvalue weighted by Gasteiger charge is -2.32. The minimum Gasteiger partial charge on any atom is -0.390 e. The van der Waals surface area contributed by atoms with Crippen LogP contribution >= 0.6 is 11.6 Å². The number of carbonyl (C=O) groups is 2. The van der Waals surface area contributed by atoms with Gasteiger partial charge in [0.2, 0.25) is 0 Å². The number of aliphatic hydroxyl groups excluding tert-OH is 2. The van der Waals surface area contributed by atoms with E-state index in [1.54, 1.807) is 24.3 Å². The molecule has 6 nitrogen and oxygen atoms in total. The summed E-state index contributed by atoms with van der Waals surface area (Å²) in [6.45, 7) is 0.170. The zero-order chi connectivity index (χ0) is 14.7. The highest BCUT2D eigenvalue weighted by molar-refractivity contribution is 6.41. The van der Waals surface area contributed by atoms with Gasteiger partial charge in [-0.25, -0.2) is 0 Å². The lowest BCUT2D eigenvalue weighted by atomic mass is 10.1. The number of β-amino-alcohol motifs (C(OH)–C–C–N with tert-alkyl or cyclic N) is 1. The highest BCUT2D eigenvalue weighted by atomic mass is 35.5. The summed E-state index contributed by atoms with van der Waals surface area (Å²) >= 11 is 5.89. The van der Waals surface area contributed by atoms with Crippen molar-refractivity contribution in [3.8, 4) is 0 Å². The summed E-state index contributed by atoms with van der Waals surface area (Å²) in [5.74, 6) is -1.57. The third-order valence-corrected chi connectivity index (χ3v) is 3.48. The highest BCUT2D eigenvalue weighted by Gasteiger charge is 2.31. The molecule has 0 radical (unpaired) electrons. The average Bonchev–Trinajstić information content (AvgIpc) is 2.43. The molecule has 2 atom stereocenters. The molecule has 0 aromatic heterocycles. The summed E-state index contributed by atoms with van der Waals surface area (Å²) < 4.78 is 0. The van der Waals surface area contributed by atoms with Gasteiger partial charge in [0.25, 0.3) is 0 Å². The van der Waals surface area contributed by atoms with Crippen LogP contribution in [0, 0.1) is 0 Å². The van der Waals surface area contributed by atoms with Gasteiger partial charge in [0.15, 0.2) is 0 Å². The summed E-state index contributed by atoms with van der Waals surface area (Å²) in [6.07, 6.45) is -1.64. The standard InChI is InChI=1S/C13H15ClN2O4/c14-8-3-1-2-4-9(8)15-12(19)13(20)16-6-5-10(17)11(18)7-16/h1-4,10-11,17-18H,5-7H2,(H,15,19)/t10-,11-/m1/s1. The van der Waals surface area contributed by atoms with Gasteiger partial charge in [0, 0.05) is 13.1 Å². The van der Waals surface area contributed by atoms with Crippen LogP contribution in [0.15, 0.2) is 24.3 Å². The smallest absolute Gasteiger partial charge is 0.313 e. The zero-order valence-electron chi connectivity index (χ0n) is 10.6. The fourth-order valence-corrected chi connectivity index (χ4v) is 2.17. The lowest BCUT2D eigenvalue weighted by Crippen LogP contribution is -2.51. The SMILES string of the molecule is O=C(Nc1ccccc1Cl)C(=O)N1CC[C@@H](O)[C@H](O)C1. The molecule has 1 saturated heterocycles. The van der Waals surface area contributed by atoms with Crippen LogP contribution in [0.5, 0.6) is 0 Å². The molecule has 0 aliphatic carbocycles. The Morgan fingerprint density at radius 1 is 1.25 bits per heavy atom. The van der Waals surface area contributed by atoms with Gasteiger partial charge in [-0.3, -0.25) is 9.59 Å². The van der Waals surface area contributed by atoms with Gasteiger partial charge in [-0.05, 0) is 18.6 Å². The van der Waals surface area contributed by atoms with Crippen molar-refractivity contribution in [3.05, 3.63) is 29.3 Å². The highest BCUT2D eigenvalue weighted by Crippen LogP contribution is 2.20. The number of amides is 2. The minimum atomic E-state index is -1.03. The number of nitrogens with zero attached hydrogens (tertiary/aromatic N) is 1. The number of rotatable bonds is 1. The van der Waals surface area contributed by atoms with Crippen LogP contribution in [0.3, 0.4) is 0 Å². The van der Waals surface area contributed by atoms with E-state index in [0.717, 1.165) is 0 Å². The molecule has 0 bridgehead atoms. The second-order valence-corrected chi connectivity index (χ2v) is 5.02. The van der Waals surface area contributed by atoms with Crippen molar-refractivity contribution < 1.29 is 19.8 Å². The van der Waals surface area contributed by atoms with Gasteiger partial charge in [-0.15, -0.1) is 0 Å². The summed E-state index contributed by atoms with van der Waals surface area (Å²) in [5.41, 5.74) is 0.352. The van der Waals surface area contributed by atoms with Crippen molar-refractivity contribution in [2.24, 2.45) is 0 Å². The fraction of sp³-hybridized carbons (Fsp3) is 0.385. The molecule has 1 aliphatic rings. The van der Waals surface area contributed by atoms with Gasteiger partial charge >= 0.3 is 11.8 Å². The molecule has 0 spiro atoms. The van der Waals surface area contributed by atoms with E-state index in [0.29, 0.717) is 10.7 Å². The summed E-state index contributed by atoms with van der Waals surface area (Å²) in [4.78, 5) is 25.0. The van der Waals surface area contributed by atoms with Crippen LogP contribution < -0.4 is 5.32 Å². The first-order valence-electron chi connectivity index (χ1n) is 6.20. The molecule has 108 valence electrons. The Morgan fingerprint density at radius 3 is 2.60 bits per heavy atom. The number of aliphatic hydroxyl groups is 2. The normalized spacial score (nSPS) is 22.4. The molecule has 2 rings (SSSR count).